The quantitative estimate of drug-likeness (QED) is 0.871. The van der Waals surface area contributed by atoms with E-state index in [0.717, 1.165) is 11.3 Å². The van der Waals surface area contributed by atoms with Gasteiger partial charge in [0.25, 0.3) is 5.91 Å². The summed E-state index contributed by atoms with van der Waals surface area (Å²) in [5, 5.41) is 0.253. The van der Waals surface area contributed by atoms with Gasteiger partial charge in [-0.05, 0) is 24.6 Å². The Balaban J connectivity index is 2.17. The standard InChI is InChI=1S/C15H16ClN3O2/c1-10-17-8-13(16)14(18-10)15(20)19(2)9-11-5-4-6-12(7-11)21-3/h4-8H,9H2,1-3H3. The molecule has 2 rings (SSSR count). The van der Waals surface area contributed by atoms with E-state index < -0.39 is 0 Å². The molecule has 0 spiro atoms. The van der Waals surface area contributed by atoms with E-state index in [1.165, 1.54) is 6.20 Å². The third kappa shape index (κ3) is 3.70. The number of hydrogen-bond acceptors (Lipinski definition) is 4. The molecule has 1 aromatic carbocycles. The Labute approximate surface area is 128 Å². The number of carbonyl (C=O) groups is 1. The van der Waals surface area contributed by atoms with Crippen LogP contribution in [0.1, 0.15) is 21.9 Å². The van der Waals surface area contributed by atoms with Crippen molar-refractivity contribution in [3.8, 4) is 5.75 Å². The molecule has 0 aliphatic heterocycles. The Hall–Kier alpha value is -2.14. The lowest BCUT2D eigenvalue weighted by atomic mass is 10.2. The molecule has 0 N–H and O–H groups in total. The van der Waals surface area contributed by atoms with Crippen LogP contribution in [0.25, 0.3) is 0 Å². The summed E-state index contributed by atoms with van der Waals surface area (Å²) >= 11 is 5.99. The van der Waals surface area contributed by atoms with E-state index in [9.17, 15) is 4.79 Å². The molecule has 110 valence electrons. The molecule has 0 aliphatic carbocycles. The largest absolute Gasteiger partial charge is 0.497 e. The number of benzene rings is 1. The van der Waals surface area contributed by atoms with Gasteiger partial charge in [0.15, 0.2) is 5.69 Å². The molecule has 0 bridgehead atoms. The zero-order valence-electron chi connectivity index (χ0n) is 12.1. The van der Waals surface area contributed by atoms with Crippen LogP contribution in [0, 0.1) is 6.92 Å². The summed E-state index contributed by atoms with van der Waals surface area (Å²) in [5.74, 6) is 1.02. The van der Waals surface area contributed by atoms with Crippen molar-refractivity contribution in [3.05, 3.63) is 52.6 Å². The van der Waals surface area contributed by atoms with Crippen molar-refractivity contribution in [3.63, 3.8) is 0 Å². The highest BCUT2D eigenvalue weighted by molar-refractivity contribution is 6.33. The van der Waals surface area contributed by atoms with Crippen molar-refractivity contribution < 1.29 is 9.53 Å². The second-order valence-electron chi connectivity index (χ2n) is 4.63. The molecule has 0 atom stereocenters. The summed E-state index contributed by atoms with van der Waals surface area (Å²) in [6, 6.07) is 7.56. The molecule has 21 heavy (non-hydrogen) atoms. The molecular weight excluding hydrogens is 290 g/mol. The number of carbonyl (C=O) groups excluding carboxylic acids is 1. The van der Waals surface area contributed by atoms with Gasteiger partial charge in [-0.3, -0.25) is 4.79 Å². The molecule has 0 saturated carbocycles. The number of ether oxygens (including phenoxy) is 1. The number of rotatable bonds is 4. The Kier molecular flexibility index (Phi) is 4.75. The van der Waals surface area contributed by atoms with Gasteiger partial charge in [0, 0.05) is 13.6 Å². The van der Waals surface area contributed by atoms with Crippen molar-refractivity contribution in [1.29, 1.82) is 0 Å². The molecule has 0 aliphatic rings. The highest BCUT2D eigenvalue weighted by atomic mass is 35.5. The number of aromatic nitrogens is 2. The molecule has 0 fully saturated rings. The summed E-state index contributed by atoms with van der Waals surface area (Å²) < 4.78 is 5.17. The minimum atomic E-state index is -0.242. The van der Waals surface area contributed by atoms with Crippen molar-refractivity contribution >= 4 is 17.5 Å². The van der Waals surface area contributed by atoms with Gasteiger partial charge in [-0.15, -0.1) is 0 Å². The highest BCUT2D eigenvalue weighted by Crippen LogP contribution is 2.17. The van der Waals surface area contributed by atoms with E-state index in [1.807, 2.05) is 24.3 Å². The number of methoxy groups -OCH3 is 1. The minimum absolute atomic E-state index is 0.217. The van der Waals surface area contributed by atoms with Crippen LogP contribution in [0.2, 0.25) is 5.02 Å². The molecule has 2 aromatic rings. The molecule has 6 heteroatoms. The number of nitrogens with zero attached hydrogens (tertiary/aromatic N) is 3. The van der Waals surface area contributed by atoms with Gasteiger partial charge in [0.05, 0.1) is 18.3 Å². The van der Waals surface area contributed by atoms with Crippen molar-refractivity contribution in [2.24, 2.45) is 0 Å². The lowest BCUT2D eigenvalue weighted by molar-refractivity contribution is 0.0779. The fourth-order valence-corrected chi connectivity index (χ4v) is 2.07. The summed E-state index contributed by atoms with van der Waals surface area (Å²) in [7, 11) is 3.31. The number of halogens is 1. The molecule has 1 amide bonds. The maximum atomic E-state index is 12.4. The second kappa shape index (κ2) is 6.54. The Morgan fingerprint density at radius 2 is 2.19 bits per heavy atom. The SMILES string of the molecule is COc1cccc(CN(C)C(=O)c2nc(C)ncc2Cl)c1. The van der Waals surface area contributed by atoms with Gasteiger partial charge in [-0.25, -0.2) is 9.97 Å². The van der Waals surface area contributed by atoms with E-state index in [2.05, 4.69) is 9.97 Å². The fraction of sp³-hybridized carbons (Fsp3) is 0.267. The van der Waals surface area contributed by atoms with Crippen LogP contribution in [0.5, 0.6) is 5.75 Å². The monoisotopic (exact) mass is 305 g/mol. The Morgan fingerprint density at radius 3 is 2.90 bits per heavy atom. The van der Waals surface area contributed by atoms with Crippen LogP contribution in [0.3, 0.4) is 0 Å². The van der Waals surface area contributed by atoms with Crippen molar-refractivity contribution in [2.75, 3.05) is 14.2 Å². The second-order valence-corrected chi connectivity index (χ2v) is 5.03. The maximum Gasteiger partial charge on any atom is 0.274 e. The summed E-state index contributed by atoms with van der Waals surface area (Å²) in [5.41, 5.74) is 1.18. The van der Waals surface area contributed by atoms with Crippen LogP contribution in [-0.4, -0.2) is 34.9 Å². The lowest BCUT2D eigenvalue weighted by Gasteiger charge is -2.17. The van der Waals surface area contributed by atoms with E-state index >= 15 is 0 Å². The predicted molar refractivity (Wildman–Crippen MR) is 80.6 cm³/mol. The van der Waals surface area contributed by atoms with Gasteiger partial charge in [-0.1, -0.05) is 23.7 Å². The summed E-state index contributed by atoms with van der Waals surface area (Å²) in [4.78, 5) is 22.0. The van der Waals surface area contributed by atoms with Crippen LogP contribution >= 0.6 is 11.6 Å². The molecular formula is C15H16ClN3O2. The first-order valence-electron chi connectivity index (χ1n) is 6.39. The first-order valence-corrected chi connectivity index (χ1v) is 6.76. The third-order valence-electron chi connectivity index (χ3n) is 2.97. The van der Waals surface area contributed by atoms with E-state index in [1.54, 1.807) is 26.0 Å². The molecule has 0 radical (unpaired) electrons. The first kappa shape index (κ1) is 15.3. The Bertz CT molecular complexity index is 661. The topological polar surface area (TPSA) is 55.3 Å². The number of hydrogen-bond donors (Lipinski definition) is 0. The fourth-order valence-electron chi connectivity index (χ4n) is 1.90. The zero-order valence-corrected chi connectivity index (χ0v) is 12.9. The van der Waals surface area contributed by atoms with Crippen LogP contribution in [-0.2, 0) is 6.54 Å². The third-order valence-corrected chi connectivity index (χ3v) is 3.24. The highest BCUT2D eigenvalue weighted by Gasteiger charge is 2.18. The normalized spacial score (nSPS) is 10.3. The van der Waals surface area contributed by atoms with Crippen molar-refractivity contribution in [1.82, 2.24) is 14.9 Å². The predicted octanol–water partition coefficient (Wildman–Crippen LogP) is 2.72. The molecule has 1 heterocycles. The first-order chi connectivity index (χ1) is 10.0. The molecule has 5 nitrogen and oxygen atoms in total. The molecule has 0 saturated heterocycles. The lowest BCUT2D eigenvalue weighted by Crippen LogP contribution is -2.27. The number of aryl methyl sites for hydroxylation is 1. The van der Waals surface area contributed by atoms with Crippen LogP contribution in [0.15, 0.2) is 30.5 Å². The number of amides is 1. The van der Waals surface area contributed by atoms with E-state index in [-0.39, 0.29) is 16.6 Å². The van der Waals surface area contributed by atoms with Crippen molar-refractivity contribution in [2.45, 2.75) is 13.5 Å². The summed E-state index contributed by atoms with van der Waals surface area (Å²) in [6.45, 7) is 2.16. The smallest absolute Gasteiger partial charge is 0.274 e. The molecule has 0 unspecified atom stereocenters. The van der Waals surface area contributed by atoms with Gasteiger partial charge in [0.1, 0.15) is 11.6 Å². The van der Waals surface area contributed by atoms with E-state index in [4.69, 9.17) is 16.3 Å². The minimum Gasteiger partial charge on any atom is -0.497 e. The zero-order chi connectivity index (χ0) is 15.4. The van der Waals surface area contributed by atoms with Gasteiger partial charge >= 0.3 is 0 Å². The van der Waals surface area contributed by atoms with Gasteiger partial charge in [0.2, 0.25) is 0 Å². The molecule has 1 aromatic heterocycles. The average molecular weight is 306 g/mol. The van der Waals surface area contributed by atoms with Crippen LogP contribution < -0.4 is 4.74 Å². The van der Waals surface area contributed by atoms with Gasteiger partial charge < -0.3 is 9.64 Å². The van der Waals surface area contributed by atoms with E-state index in [0.29, 0.717) is 12.4 Å². The summed E-state index contributed by atoms with van der Waals surface area (Å²) in [6.07, 6.45) is 1.44. The maximum absolute atomic E-state index is 12.4. The Morgan fingerprint density at radius 1 is 1.43 bits per heavy atom. The van der Waals surface area contributed by atoms with Crippen LogP contribution in [0.4, 0.5) is 0 Å². The average Bonchev–Trinajstić information content (AvgIpc) is 2.49. The van der Waals surface area contributed by atoms with Gasteiger partial charge in [-0.2, -0.15) is 0 Å².